The van der Waals surface area contributed by atoms with Crippen LogP contribution >= 0.6 is 0 Å². The molecule has 1 aliphatic rings. The number of carbonyl (C=O) groups excluding carboxylic acids is 2. The summed E-state index contributed by atoms with van der Waals surface area (Å²) in [7, 11) is 0. The first-order chi connectivity index (χ1) is 12.4. The van der Waals surface area contributed by atoms with Crippen molar-refractivity contribution in [3.05, 3.63) is 65.5 Å². The lowest BCUT2D eigenvalue weighted by Gasteiger charge is -2.22. The van der Waals surface area contributed by atoms with Crippen LogP contribution in [-0.2, 0) is 10.3 Å². The molecule has 3 rings (SSSR count). The number of amides is 3. The van der Waals surface area contributed by atoms with E-state index in [4.69, 9.17) is 10.00 Å². The number of hydrogen-bond donors (Lipinski definition) is 1. The Hall–Kier alpha value is -3.40. The van der Waals surface area contributed by atoms with Crippen LogP contribution in [0.3, 0.4) is 0 Å². The fourth-order valence-electron chi connectivity index (χ4n) is 2.81. The van der Waals surface area contributed by atoms with Crippen LogP contribution in [0, 0.1) is 17.1 Å². The predicted octanol–water partition coefficient (Wildman–Crippen LogP) is 2.54. The molecule has 0 unspecified atom stereocenters. The van der Waals surface area contributed by atoms with Gasteiger partial charge < -0.3 is 10.1 Å². The topological polar surface area (TPSA) is 82.4 Å². The van der Waals surface area contributed by atoms with Gasteiger partial charge in [0.25, 0.3) is 5.91 Å². The third kappa shape index (κ3) is 3.22. The van der Waals surface area contributed by atoms with E-state index < -0.39 is 23.3 Å². The number of hydrogen-bond acceptors (Lipinski definition) is 4. The van der Waals surface area contributed by atoms with Gasteiger partial charge in [-0.3, -0.25) is 9.69 Å². The molecule has 0 spiro atoms. The normalized spacial score (nSPS) is 19.2. The minimum Gasteiger partial charge on any atom is -0.492 e. The summed E-state index contributed by atoms with van der Waals surface area (Å²) in [5.74, 6) is -0.538. The molecule has 0 bridgehead atoms. The van der Waals surface area contributed by atoms with E-state index in [9.17, 15) is 14.0 Å². The van der Waals surface area contributed by atoms with Crippen LogP contribution in [0.2, 0.25) is 0 Å². The van der Waals surface area contributed by atoms with E-state index in [1.165, 1.54) is 18.2 Å². The Bertz CT molecular complexity index is 909. The second-order valence-corrected chi connectivity index (χ2v) is 6.01. The first-order valence-corrected chi connectivity index (χ1v) is 7.97. The van der Waals surface area contributed by atoms with Gasteiger partial charge in [0, 0.05) is 6.07 Å². The van der Waals surface area contributed by atoms with Gasteiger partial charge in [-0.05, 0) is 36.8 Å². The lowest BCUT2D eigenvalue weighted by molar-refractivity contribution is -0.131. The molecule has 1 fully saturated rings. The fourth-order valence-corrected chi connectivity index (χ4v) is 2.81. The maximum absolute atomic E-state index is 13.1. The second-order valence-electron chi connectivity index (χ2n) is 6.01. The summed E-state index contributed by atoms with van der Waals surface area (Å²) in [5.41, 5.74) is -0.315. The molecular weight excluding hydrogens is 337 g/mol. The van der Waals surface area contributed by atoms with Crippen LogP contribution in [0.15, 0.2) is 48.5 Å². The van der Waals surface area contributed by atoms with Crippen molar-refractivity contribution in [2.75, 3.05) is 13.2 Å². The largest absolute Gasteiger partial charge is 0.492 e. The van der Waals surface area contributed by atoms with Crippen LogP contribution < -0.4 is 10.1 Å². The van der Waals surface area contributed by atoms with Crippen molar-refractivity contribution < 1.29 is 18.7 Å². The molecule has 0 aromatic heterocycles. The number of nitrogens with one attached hydrogen (secondary N) is 1. The molecule has 0 saturated carbocycles. The minimum absolute atomic E-state index is 0.0225. The van der Waals surface area contributed by atoms with E-state index in [1.807, 2.05) is 6.07 Å². The molecule has 0 aliphatic carbocycles. The monoisotopic (exact) mass is 353 g/mol. The Balaban J connectivity index is 1.71. The first kappa shape index (κ1) is 17.4. The van der Waals surface area contributed by atoms with Crippen LogP contribution in [-0.4, -0.2) is 30.0 Å². The number of nitrogens with zero attached hydrogens (tertiary/aromatic N) is 2. The van der Waals surface area contributed by atoms with Gasteiger partial charge in [0.1, 0.15) is 23.7 Å². The Labute approximate surface area is 149 Å². The van der Waals surface area contributed by atoms with Crippen LogP contribution in [0.1, 0.15) is 18.1 Å². The van der Waals surface area contributed by atoms with Gasteiger partial charge in [-0.1, -0.05) is 18.2 Å². The molecule has 1 saturated heterocycles. The molecule has 6 nitrogen and oxygen atoms in total. The third-order valence-electron chi connectivity index (χ3n) is 4.22. The average molecular weight is 353 g/mol. The number of benzene rings is 2. The first-order valence-electron chi connectivity index (χ1n) is 7.97. The summed E-state index contributed by atoms with van der Waals surface area (Å²) in [6.45, 7) is 1.66. The fraction of sp³-hybridized carbons (Fsp3) is 0.211. The van der Waals surface area contributed by atoms with Crippen molar-refractivity contribution in [1.82, 2.24) is 10.2 Å². The highest BCUT2D eigenvalue weighted by atomic mass is 19.1. The molecule has 1 heterocycles. The van der Waals surface area contributed by atoms with E-state index in [1.54, 1.807) is 37.3 Å². The SMILES string of the molecule is C[C@@]1(c2cccc(C#N)c2)NC(=O)N(CCOc2cccc(F)c2)C1=O. The van der Waals surface area contributed by atoms with Gasteiger partial charge in [0.2, 0.25) is 0 Å². The molecule has 7 heteroatoms. The number of imide groups is 1. The zero-order valence-electron chi connectivity index (χ0n) is 14.0. The van der Waals surface area contributed by atoms with E-state index in [2.05, 4.69) is 5.32 Å². The summed E-state index contributed by atoms with van der Waals surface area (Å²) in [4.78, 5) is 26.1. The van der Waals surface area contributed by atoms with Gasteiger partial charge in [-0.25, -0.2) is 9.18 Å². The number of carbonyl (C=O) groups is 2. The summed E-state index contributed by atoms with van der Waals surface area (Å²) in [6, 6.07) is 13.6. The molecule has 1 aliphatic heterocycles. The van der Waals surface area contributed by atoms with Crippen molar-refractivity contribution in [2.24, 2.45) is 0 Å². The third-order valence-corrected chi connectivity index (χ3v) is 4.22. The van der Waals surface area contributed by atoms with Crippen LogP contribution in [0.5, 0.6) is 5.75 Å². The number of halogens is 1. The van der Waals surface area contributed by atoms with Gasteiger partial charge in [-0.2, -0.15) is 5.26 Å². The highest BCUT2D eigenvalue weighted by Crippen LogP contribution is 2.29. The molecule has 0 radical (unpaired) electrons. The maximum Gasteiger partial charge on any atom is 0.325 e. The smallest absolute Gasteiger partial charge is 0.325 e. The van der Waals surface area contributed by atoms with Crippen LogP contribution in [0.25, 0.3) is 0 Å². The molecule has 1 atom stereocenters. The Morgan fingerprint density at radius 2 is 2.00 bits per heavy atom. The van der Waals surface area contributed by atoms with E-state index in [-0.39, 0.29) is 13.2 Å². The maximum atomic E-state index is 13.1. The molecule has 1 N–H and O–H groups in total. The molecule has 26 heavy (non-hydrogen) atoms. The zero-order valence-corrected chi connectivity index (χ0v) is 14.0. The molecule has 3 amide bonds. The summed E-state index contributed by atoms with van der Waals surface area (Å²) in [6.07, 6.45) is 0. The van der Waals surface area contributed by atoms with E-state index in [0.29, 0.717) is 16.9 Å². The van der Waals surface area contributed by atoms with Crippen molar-refractivity contribution >= 4 is 11.9 Å². The Kier molecular flexibility index (Phi) is 4.59. The average Bonchev–Trinajstić information content (AvgIpc) is 2.86. The Morgan fingerprint density at radius 1 is 1.23 bits per heavy atom. The number of ether oxygens (including phenoxy) is 1. The highest BCUT2D eigenvalue weighted by molar-refractivity contribution is 6.07. The summed E-state index contributed by atoms with van der Waals surface area (Å²) in [5, 5.41) is 11.7. The van der Waals surface area contributed by atoms with Gasteiger partial charge in [-0.15, -0.1) is 0 Å². The quantitative estimate of drug-likeness (QED) is 0.838. The molecule has 132 valence electrons. The Morgan fingerprint density at radius 3 is 2.73 bits per heavy atom. The predicted molar refractivity (Wildman–Crippen MR) is 90.6 cm³/mol. The summed E-state index contributed by atoms with van der Waals surface area (Å²) < 4.78 is 18.5. The minimum atomic E-state index is -1.25. The second kappa shape index (κ2) is 6.84. The lowest BCUT2D eigenvalue weighted by atomic mass is 9.91. The van der Waals surface area contributed by atoms with Crippen molar-refractivity contribution in [3.8, 4) is 11.8 Å². The summed E-state index contributed by atoms with van der Waals surface area (Å²) >= 11 is 0. The molecule has 2 aromatic rings. The molecular formula is C19H16FN3O3. The number of rotatable bonds is 5. The molecule has 2 aromatic carbocycles. The van der Waals surface area contributed by atoms with Crippen molar-refractivity contribution in [2.45, 2.75) is 12.5 Å². The van der Waals surface area contributed by atoms with E-state index >= 15 is 0 Å². The van der Waals surface area contributed by atoms with Crippen LogP contribution in [0.4, 0.5) is 9.18 Å². The van der Waals surface area contributed by atoms with E-state index in [0.717, 1.165) is 4.90 Å². The lowest BCUT2D eigenvalue weighted by Crippen LogP contribution is -2.41. The number of urea groups is 1. The van der Waals surface area contributed by atoms with Gasteiger partial charge in [0.05, 0.1) is 18.2 Å². The van der Waals surface area contributed by atoms with Crippen molar-refractivity contribution in [1.29, 1.82) is 5.26 Å². The van der Waals surface area contributed by atoms with Gasteiger partial charge in [0.15, 0.2) is 0 Å². The highest BCUT2D eigenvalue weighted by Gasteiger charge is 2.48. The standard InChI is InChI=1S/C19H16FN3O3/c1-19(14-5-2-4-13(10-14)12-21)17(24)23(18(25)22-19)8-9-26-16-7-3-6-15(20)11-16/h2-7,10-11H,8-9H2,1H3,(H,22,25)/t19-/m0/s1. The van der Waals surface area contributed by atoms with Crippen molar-refractivity contribution in [3.63, 3.8) is 0 Å². The zero-order chi connectivity index (χ0) is 18.7. The van der Waals surface area contributed by atoms with Gasteiger partial charge >= 0.3 is 6.03 Å². The number of nitriles is 1.